The largest absolute Gasteiger partial charge is 0.434 e. The molecule has 1 saturated heterocycles. The highest BCUT2D eigenvalue weighted by atomic mass is 32.2. The molecule has 10 nitrogen and oxygen atoms in total. The predicted octanol–water partition coefficient (Wildman–Crippen LogP) is 2.99. The van der Waals surface area contributed by atoms with Gasteiger partial charge < -0.3 is 24.5 Å². The molecule has 1 aromatic carbocycles. The zero-order valence-corrected chi connectivity index (χ0v) is 24.4. The number of methoxy groups -OCH3 is 1. The highest BCUT2D eigenvalue weighted by Gasteiger charge is 2.40. The van der Waals surface area contributed by atoms with Crippen molar-refractivity contribution in [1.29, 1.82) is 0 Å². The van der Waals surface area contributed by atoms with Gasteiger partial charge in [0, 0.05) is 70.6 Å². The number of carbonyl (C=O) groups is 1. The Hall–Kier alpha value is -3.04. The fourth-order valence-electron chi connectivity index (χ4n) is 4.76. The summed E-state index contributed by atoms with van der Waals surface area (Å²) in [6, 6.07) is 1.99. The zero-order chi connectivity index (χ0) is 30.7. The van der Waals surface area contributed by atoms with Gasteiger partial charge in [-0.05, 0) is 24.5 Å². The maximum atomic E-state index is 14.8. The van der Waals surface area contributed by atoms with Gasteiger partial charge in [0.1, 0.15) is 5.82 Å². The Labute approximate surface area is 236 Å². The van der Waals surface area contributed by atoms with E-state index in [4.69, 9.17) is 4.74 Å². The topological polar surface area (TPSA) is 116 Å². The lowest BCUT2D eigenvalue weighted by atomic mass is 9.99. The molecule has 1 atom stereocenters. The second-order valence-electron chi connectivity index (χ2n) is 10.3. The van der Waals surface area contributed by atoms with E-state index < -0.39 is 51.6 Å². The van der Waals surface area contributed by atoms with Gasteiger partial charge in [-0.1, -0.05) is 13.8 Å². The Morgan fingerprint density at radius 2 is 1.95 bits per heavy atom. The number of aliphatic hydroxyl groups is 1. The van der Waals surface area contributed by atoms with Gasteiger partial charge in [0.05, 0.1) is 23.1 Å². The normalized spacial score (nSPS) is 16.4. The third-order valence-electron chi connectivity index (χ3n) is 6.97. The van der Waals surface area contributed by atoms with Crippen molar-refractivity contribution in [3.63, 3.8) is 0 Å². The lowest BCUT2D eigenvalue weighted by Crippen LogP contribution is -2.56. The number of aromatic nitrogens is 2. The first-order valence-electron chi connectivity index (χ1n) is 12.9. The summed E-state index contributed by atoms with van der Waals surface area (Å²) >= 11 is 0. The van der Waals surface area contributed by atoms with Crippen molar-refractivity contribution in [3.05, 3.63) is 41.0 Å². The number of carbonyl (C=O) groups excluding carboxylic acids is 1. The van der Waals surface area contributed by atoms with Gasteiger partial charge in [-0.2, -0.15) is 13.2 Å². The molecule has 0 aliphatic carbocycles. The number of anilines is 2. The van der Waals surface area contributed by atoms with E-state index in [0.717, 1.165) is 23.4 Å². The molecule has 0 saturated carbocycles. The van der Waals surface area contributed by atoms with Crippen LogP contribution in [0.15, 0.2) is 23.2 Å². The standard InChI is InChI=1S/C26H35F4N5O5S/c1-16(2)21-14-34(17-11-20(27)19(15-36)22(12-17)41(5,38)39)8-9-35(21)25-31-13-18(23(32-25)26(28,29)30)24(37)33(3)7-6-10-40-4/h11-13,16,21,36H,6-10,14-15H2,1-5H3/t21-/m0/s1. The summed E-state index contributed by atoms with van der Waals surface area (Å²) < 4.78 is 86.5. The second-order valence-corrected chi connectivity index (χ2v) is 12.3. The number of alkyl halides is 3. The van der Waals surface area contributed by atoms with E-state index in [-0.39, 0.29) is 54.2 Å². The van der Waals surface area contributed by atoms with Gasteiger partial charge in [0.2, 0.25) is 5.95 Å². The fraction of sp³-hybridized carbons (Fsp3) is 0.577. The van der Waals surface area contributed by atoms with Gasteiger partial charge in [-0.15, -0.1) is 0 Å². The summed E-state index contributed by atoms with van der Waals surface area (Å²) in [6.07, 6.45) is -2.66. The van der Waals surface area contributed by atoms with E-state index in [0.29, 0.717) is 13.0 Å². The number of nitrogens with zero attached hydrogens (tertiary/aromatic N) is 5. The average Bonchev–Trinajstić information content (AvgIpc) is 2.90. The number of hydrogen-bond donors (Lipinski definition) is 1. The van der Waals surface area contributed by atoms with Gasteiger partial charge in [-0.3, -0.25) is 4.79 Å². The van der Waals surface area contributed by atoms with Crippen LogP contribution in [-0.4, -0.2) is 93.5 Å². The monoisotopic (exact) mass is 605 g/mol. The van der Waals surface area contributed by atoms with E-state index in [1.165, 1.54) is 20.2 Å². The highest BCUT2D eigenvalue weighted by molar-refractivity contribution is 7.90. The summed E-state index contributed by atoms with van der Waals surface area (Å²) in [5.41, 5.74) is -2.06. The van der Waals surface area contributed by atoms with Crippen molar-refractivity contribution in [2.75, 3.05) is 63.0 Å². The number of ether oxygens (including phenoxy) is 1. The van der Waals surface area contributed by atoms with Crippen molar-refractivity contribution in [3.8, 4) is 0 Å². The van der Waals surface area contributed by atoms with Crippen molar-refractivity contribution >= 4 is 27.4 Å². The first-order valence-corrected chi connectivity index (χ1v) is 14.8. The number of aliphatic hydroxyl groups excluding tert-OH is 1. The Morgan fingerprint density at radius 3 is 2.51 bits per heavy atom. The minimum atomic E-state index is -4.92. The minimum absolute atomic E-state index is 0.125. The van der Waals surface area contributed by atoms with Crippen LogP contribution in [0.2, 0.25) is 0 Å². The molecular formula is C26H35F4N5O5S. The molecule has 1 fully saturated rings. The average molecular weight is 606 g/mol. The fourth-order valence-corrected chi connectivity index (χ4v) is 5.71. The summed E-state index contributed by atoms with van der Waals surface area (Å²) in [6.45, 7) is 3.98. The number of halogens is 4. The smallest absolute Gasteiger partial charge is 0.392 e. The summed E-state index contributed by atoms with van der Waals surface area (Å²) in [5.74, 6) is -2.06. The Bertz CT molecular complexity index is 1360. The molecular weight excluding hydrogens is 570 g/mol. The number of rotatable bonds is 10. The van der Waals surface area contributed by atoms with E-state index in [9.17, 15) is 35.9 Å². The van der Waals surface area contributed by atoms with E-state index in [1.807, 2.05) is 13.8 Å². The summed E-state index contributed by atoms with van der Waals surface area (Å²) in [7, 11) is -0.978. The van der Waals surface area contributed by atoms with Gasteiger partial charge in [-0.25, -0.2) is 22.8 Å². The van der Waals surface area contributed by atoms with Crippen LogP contribution in [0.5, 0.6) is 0 Å². The molecule has 1 aliphatic heterocycles. The molecule has 228 valence electrons. The van der Waals surface area contributed by atoms with E-state index in [1.54, 1.807) is 9.80 Å². The Balaban J connectivity index is 1.95. The molecule has 15 heteroatoms. The van der Waals surface area contributed by atoms with Gasteiger partial charge in [0.15, 0.2) is 15.5 Å². The van der Waals surface area contributed by atoms with Crippen LogP contribution in [0.25, 0.3) is 0 Å². The van der Waals surface area contributed by atoms with Crippen LogP contribution < -0.4 is 9.80 Å². The van der Waals surface area contributed by atoms with Crippen LogP contribution in [-0.2, 0) is 27.4 Å². The SMILES string of the molecule is COCCCN(C)C(=O)c1cnc(N2CCN(c3cc(F)c(CO)c(S(C)(=O)=O)c3)C[C@H]2C(C)C)nc1C(F)(F)F. The van der Waals surface area contributed by atoms with Crippen LogP contribution in [0.4, 0.5) is 29.2 Å². The summed E-state index contributed by atoms with van der Waals surface area (Å²) in [5, 5.41) is 9.50. The quantitative estimate of drug-likeness (QED) is 0.322. The van der Waals surface area contributed by atoms with Crippen molar-refractivity contribution in [2.45, 2.75) is 44.0 Å². The molecule has 1 amide bonds. The minimum Gasteiger partial charge on any atom is -0.392 e. The van der Waals surface area contributed by atoms with Crippen LogP contribution in [0, 0.1) is 11.7 Å². The molecule has 0 bridgehead atoms. The first-order chi connectivity index (χ1) is 19.1. The van der Waals surface area contributed by atoms with Crippen LogP contribution >= 0.6 is 0 Å². The number of sulfone groups is 1. The van der Waals surface area contributed by atoms with Crippen molar-refractivity contribution in [2.24, 2.45) is 5.92 Å². The number of amides is 1. The second kappa shape index (κ2) is 12.9. The molecule has 0 radical (unpaired) electrons. The van der Waals surface area contributed by atoms with Crippen LogP contribution in [0.1, 0.15) is 41.9 Å². The third-order valence-corrected chi connectivity index (χ3v) is 8.13. The van der Waals surface area contributed by atoms with E-state index in [2.05, 4.69) is 9.97 Å². The predicted molar refractivity (Wildman–Crippen MR) is 144 cm³/mol. The van der Waals surface area contributed by atoms with E-state index >= 15 is 0 Å². The maximum Gasteiger partial charge on any atom is 0.434 e. The summed E-state index contributed by atoms with van der Waals surface area (Å²) in [4.78, 5) is 25.0. The lowest BCUT2D eigenvalue weighted by molar-refractivity contribution is -0.141. The molecule has 0 unspecified atom stereocenters. The maximum absolute atomic E-state index is 14.8. The van der Waals surface area contributed by atoms with Gasteiger partial charge >= 0.3 is 6.18 Å². The molecule has 41 heavy (non-hydrogen) atoms. The Kier molecular flexibility index (Phi) is 10.2. The van der Waals surface area contributed by atoms with Crippen molar-refractivity contribution < 1.29 is 40.6 Å². The van der Waals surface area contributed by atoms with Crippen LogP contribution in [0.3, 0.4) is 0 Å². The number of piperazine rings is 1. The van der Waals surface area contributed by atoms with Crippen molar-refractivity contribution in [1.82, 2.24) is 14.9 Å². The zero-order valence-electron chi connectivity index (χ0n) is 23.6. The Morgan fingerprint density at radius 1 is 1.27 bits per heavy atom. The molecule has 3 rings (SSSR count). The number of hydrogen-bond acceptors (Lipinski definition) is 9. The molecule has 1 aliphatic rings. The lowest BCUT2D eigenvalue weighted by Gasteiger charge is -2.44. The first kappa shape index (κ1) is 32.5. The highest BCUT2D eigenvalue weighted by Crippen LogP contribution is 2.34. The third kappa shape index (κ3) is 7.43. The molecule has 0 spiro atoms. The molecule has 1 N–H and O–H groups in total. The number of benzene rings is 1. The molecule has 1 aromatic heterocycles. The molecule has 2 aromatic rings. The van der Waals surface area contributed by atoms with Gasteiger partial charge in [0.25, 0.3) is 5.91 Å². The molecule has 2 heterocycles.